The van der Waals surface area contributed by atoms with Crippen molar-refractivity contribution in [2.24, 2.45) is 0 Å². The summed E-state index contributed by atoms with van der Waals surface area (Å²) in [6.07, 6.45) is 0.617. The van der Waals surface area contributed by atoms with E-state index in [1.807, 2.05) is 19.1 Å². The first-order valence-corrected chi connectivity index (χ1v) is 6.41. The van der Waals surface area contributed by atoms with Gasteiger partial charge in [0.15, 0.2) is 5.78 Å². The molecule has 1 aromatic rings. The van der Waals surface area contributed by atoms with Crippen LogP contribution >= 0.6 is 0 Å². The minimum absolute atomic E-state index is 0.262. The lowest BCUT2D eigenvalue weighted by molar-refractivity contribution is 0.0966. The summed E-state index contributed by atoms with van der Waals surface area (Å²) in [6.45, 7) is 11.2. The molecule has 0 spiro atoms. The van der Waals surface area contributed by atoms with Gasteiger partial charge in [-0.1, -0.05) is 32.0 Å². The molecule has 1 aromatic carbocycles. The summed E-state index contributed by atoms with van der Waals surface area (Å²) in [5, 5.41) is 0. The van der Waals surface area contributed by atoms with E-state index in [-0.39, 0.29) is 5.78 Å². The molecule has 0 bridgehead atoms. The van der Waals surface area contributed by atoms with Crippen molar-refractivity contribution in [3.63, 3.8) is 0 Å². The lowest BCUT2D eigenvalue weighted by atomic mass is 9.98. The normalized spacial score (nSPS) is 10.9. The van der Waals surface area contributed by atoms with Gasteiger partial charge < -0.3 is 4.90 Å². The van der Waals surface area contributed by atoms with Crippen LogP contribution in [0.15, 0.2) is 18.2 Å². The van der Waals surface area contributed by atoms with Crippen molar-refractivity contribution < 1.29 is 4.79 Å². The third-order valence-corrected chi connectivity index (χ3v) is 3.45. The van der Waals surface area contributed by atoms with E-state index in [0.717, 1.165) is 30.8 Å². The molecular formula is C15H23NO. The predicted molar refractivity (Wildman–Crippen MR) is 72.7 cm³/mol. The summed E-state index contributed by atoms with van der Waals surface area (Å²) in [5.41, 5.74) is 3.20. The molecule has 0 fully saturated rings. The first kappa shape index (κ1) is 13.9. The van der Waals surface area contributed by atoms with Crippen LogP contribution in [0.4, 0.5) is 0 Å². The maximum absolute atomic E-state index is 12.1. The highest BCUT2D eigenvalue weighted by Gasteiger charge is 2.11. The van der Waals surface area contributed by atoms with Gasteiger partial charge in [-0.2, -0.15) is 0 Å². The molecular weight excluding hydrogens is 210 g/mol. The highest BCUT2D eigenvalue weighted by molar-refractivity contribution is 5.97. The van der Waals surface area contributed by atoms with E-state index in [9.17, 15) is 4.79 Å². The van der Waals surface area contributed by atoms with Gasteiger partial charge in [-0.05, 0) is 38.1 Å². The molecule has 0 N–H and O–H groups in total. The number of hydrogen-bond donors (Lipinski definition) is 0. The Labute approximate surface area is 105 Å². The number of ketones is 1. The highest BCUT2D eigenvalue weighted by Crippen LogP contribution is 2.14. The first-order chi connectivity index (χ1) is 8.10. The van der Waals surface area contributed by atoms with Gasteiger partial charge in [0.2, 0.25) is 0 Å². The fraction of sp³-hybridized carbons (Fsp3) is 0.533. The molecule has 0 radical (unpaired) electrons. The second kappa shape index (κ2) is 6.55. The smallest absolute Gasteiger partial charge is 0.164 e. The first-order valence-electron chi connectivity index (χ1n) is 6.41. The van der Waals surface area contributed by atoms with Crippen LogP contribution in [-0.4, -0.2) is 30.3 Å². The zero-order chi connectivity index (χ0) is 12.8. The van der Waals surface area contributed by atoms with Gasteiger partial charge >= 0.3 is 0 Å². The minimum atomic E-state index is 0.262. The van der Waals surface area contributed by atoms with Crippen LogP contribution in [-0.2, 0) is 0 Å². The van der Waals surface area contributed by atoms with Gasteiger partial charge in [-0.15, -0.1) is 0 Å². The Morgan fingerprint density at radius 1 is 1.18 bits per heavy atom. The molecule has 0 aliphatic carbocycles. The van der Waals surface area contributed by atoms with E-state index in [1.54, 1.807) is 0 Å². The molecule has 0 aliphatic rings. The summed E-state index contributed by atoms with van der Waals surface area (Å²) in [7, 11) is 0. The van der Waals surface area contributed by atoms with E-state index in [2.05, 4.69) is 31.7 Å². The fourth-order valence-electron chi connectivity index (χ4n) is 1.99. The van der Waals surface area contributed by atoms with Crippen molar-refractivity contribution in [1.29, 1.82) is 0 Å². The molecule has 0 unspecified atom stereocenters. The molecule has 0 amide bonds. The molecule has 17 heavy (non-hydrogen) atoms. The Morgan fingerprint density at radius 2 is 1.82 bits per heavy atom. The molecule has 0 heterocycles. The van der Waals surface area contributed by atoms with Crippen LogP contribution in [0.2, 0.25) is 0 Å². The maximum Gasteiger partial charge on any atom is 0.164 e. The number of hydrogen-bond acceptors (Lipinski definition) is 2. The second-order valence-electron chi connectivity index (χ2n) is 4.45. The third kappa shape index (κ3) is 3.67. The number of carbonyl (C=O) groups is 1. The number of Topliss-reactive ketones (excluding diaryl/α,β-unsaturated/α-hetero) is 1. The van der Waals surface area contributed by atoms with E-state index >= 15 is 0 Å². The molecule has 2 nitrogen and oxygen atoms in total. The van der Waals surface area contributed by atoms with Crippen LogP contribution in [0, 0.1) is 13.8 Å². The summed E-state index contributed by atoms with van der Waals surface area (Å²) >= 11 is 0. The Morgan fingerprint density at radius 3 is 2.41 bits per heavy atom. The number of carbonyl (C=O) groups excluding carboxylic acids is 1. The fourth-order valence-corrected chi connectivity index (χ4v) is 1.99. The van der Waals surface area contributed by atoms with Crippen molar-refractivity contribution >= 4 is 5.78 Å². The number of nitrogens with zero attached hydrogens (tertiary/aromatic N) is 1. The second-order valence-corrected chi connectivity index (χ2v) is 4.45. The summed E-state index contributed by atoms with van der Waals surface area (Å²) in [5.74, 6) is 0.262. The van der Waals surface area contributed by atoms with Gasteiger partial charge in [-0.25, -0.2) is 0 Å². The molecule has 0 aliphatic heterocycles. The monoisotopic (exact) mass is 233 g/mol. The minimum Gasteiger partial charge on any atom is -0.303 e. The molecule has 0 atom stereocenters. The Bertz CT molecular complexity index is 381. The summed E-state index contributed by atoms with van der Waals surface area (Å²) in [6, 6.07) is 5.95. The van der Waals surface area contributed by atoms with Gasteiger partial charge in [0.05, 0.1) is 0 Å². The quantitative estimate of drug-likeness (QED) is 0.703. The molecule has 2 heteroatoms. The Kier molecular flexibility index (Phi) is 5.36. The maximum atomic E-state index is 12.1. The average molecular weight is 233 g/mol. The predicted octanol–water partition coefficient (Wildman–Crippen LogP) is 3.22. The van der Waals surface area contributed by atoms with E-state index in [4.69, 9.17) is 0 Å². The molecule has 1 rings (SSSR count). The van der Waals surface area contributed by atoms with Gasteiger partial charge in [0.25, 0.3) is 0 Å². The van der Waals surface area contributed by atoms with Gasteiger partial charge in [0, 0.05) is 18.5 Å². The van der Waals surface area contributed by atoms with Crippen LogP contribution in [0.5, 0.6) is 0 Å². The SMILES string of the molecule is CCN(CC)CCC(=O)c1cccc(C)c1C. The zero-order valence-electron chi connectivity index (χ0n) is 11.4. The van der Waals surface area contributed by atoms with Crippen molar-refractivity contribution in [1.82, 2.24) is 4.90 Å². The Balaban J connectivity index is 2.67. The largest absolute Gasteiger partial charge is 0.303 e. The van der Waals surface area contributed by atoms with Crippen molar-refractivity contribution in [2.75, 3.05) is 19.6 Å². The average Bonchev–Trinajstić information content (AvgIpc) is 2.33. The van der Waals surface area contributed by atoms with E-state index in [0.29, 0.717) is 6.42 Å². The van der Waals surface area contributed by atoms with Crippen LogP contribution in [0.3, 0.4) is 0 Å². The number of rotatable bonds is 6. The Hall–Kier alpha value is -1.15. The van der Waals surface area contributed by atoms with Gasteiger partial charge in [-0.3, -0.25) is 4.79 Å². The molecule has 0 saturated carbocycles. The van der Waals surface area contributed by atoms with E-state index in [1.165, 1.54) is 5.56 Å². The standard InChI is InChI=1S/C15H23NO/c1-5-16(6-2)11-10-15(17)14-9-7-8-12(3)13(14)4/h7-9H,5-6,10-11H2,1-4H3. The lowest BCUT2D eigenvalue weighted by Gasteiger charge is -2.17. The molecule has 0 aromatic heterocycles. The highest BCUT2D eigenvalue weighted by atomic mass is 16.1. The summed E-state index contributed by atoms with van der Waals surface area (Å²) in [4.78, 5) is 14.4. The summed E-state index contributed by atoms with van der Waals surface area (Å²) < 4.78 is 0. The molecule has 0 saturated heterocycles. The molecule has 94 valence electrons. The van der Waals surface area contributed by atoms with Crippen LogP contribution < -0.4 is 0 Å². The zero-order valence-corrected chi connectivity index (χ0v) is 11.4. The van der Waals surface area contributed by atoms with Crippen LogP contribution in [0.25, 0.3) is 0 Å². The number of aryl methyl sites for hydroxylation is 1. The lowest BCUT2D eigenvalue weighted by Crippen LogP contribution is -2.25. The number of benzene rings is 1. The van der Waals surface area contributed by atoms with Crippen molar-refractivity contribution in [2.45, 2.75) is 34.1 Å². The van der Waals surface area contributed by atoms with E-state index < -0.39 is 0 Å². The third-order valence-electron chi connectivity index (χ3n) is 3.45. The topological polar surface area (TPSA) is 20.3 Å². The van der Waals surface area contributed by atoms with Crippen molar-refractivity contribution in [3.05, 3.63) is 34.9 Å². The van der Waals surface area contributed by atoms with Crippen molar-refractivity contribution in [3.8, 4) is 0 Å². The van der Waals surface area contributed by atoms with Gasteiger partial charge in [0.1, 0.15) is 0 Å². The van der Waals surface area contributed by atoms with Crippen LogP contribution in [0.1, 0.15) is 41.8 Å².